The standard InChI is InChI=1S/C55H47FN2/c1-40-17-29-51(30-18-40)57(52-31-21-45(22-32-52)43-11-6-4-7-12-43)42(3)20-19-41(2)48-15-10-16-49(39-48)47-25-35-54(36-26-47)58(55-37-27-50(56)28-38-55)53-33-23-46(24-34-53)44-13-8-5-9-14-44/h5-6,8-39H,4,7H2,1-3H3/b41-19+,42-20+. The molecule has 0 unspecified atom stereocenters. The van der Waals surface area contributed by atoms with Crippen molar-refractivity contribution >= 4 is 39.6 Å². The maximum absolute atomic E-state index is 14.0. The fourth-order valence-corrected chi connectivity index (χ4v) is 7.51. The van der Waals surface area contributed by atoms with Crippen LogP contribution >= 0.6 is 0 Å². The highest BCUT2D eigenvalue weighted by atomic mass is 19.1. The molecule has 2 nitrogen and oxygen atoms in total. The molecule has 1 aliphatic carbocycles. The summed E-state index contributed by atoms with van der Waals surface area (Å²) in [6, 6.07) is 60.5. The molecule has 0 saturated carbocycles. The van der Waals surface area contributed by atoms with Gasteiger partial charge in [-0.15, -0.1) is 0 Å². The predicted octanol–water partition coefficient (Wildman–Crippen LogP) is 15.8. The summed E-state index contributed by atoms with van der Waals surface area (Å²) in [5.41, 5.74) is 16.9. The van der Waals surface area contributed by atoms with Gasteiger partial charge in [-0.2, -0.15) is 0 Å². The first-order chi connectivity index (χ1) is 28.4. The molecule has 0 heterocycles. The van der Waals surface area contributed by atoms with Gasteiger partial charge in [0.2, 0.25) is 0 Å². The summed E-state index contributed by atoms with van der Waals surface area (Å²) in [5, 5.41) is 0. The van der Waals surface area contributed by atoms with E-state index in [0.717, 1.165) is 69.2 Å². The van der Waals surface area contributed by atoms with E-state index in [2.05, 4.69) is 207 Å². The van der Waals surface area contributed by atoms with Gasteiger partial charge in [-0.1, -0.05) is 127 Å². The van der Waals surface area contributed by atoms with Gasteiger partial charge in [0.05, 0.1) is 0 Å². The summed E-state index contributed by atoms with van der Waals surface area (Å²) in [6.07, 6.45) is 13.5. The van der Waals surface area contributed by atoms with Gasteiger partial charge >= 0.3 is 0 Å². The smallest absolute Gasteiger partial charge is 0.123 e. The highest BCUT2D eigenvalue weighted by Gasteiger charge is 2.15. The van der Waals surface area contributed by atoms with Gasteiger partial charge in [-0.05, 0) is 163 Å². The van der Waals surface area contributed by atoms with Gasteiger partial charge in [-0.3, -0.25) is 0 Å². The minimum atomic E-state index is -0.257. The number of nitrogens with zero attached hydrogens (tertiary/aromatic N) is 2. The molecule has 8 rings (SSSR count). The molecule has 1 aliphatic rings. The fraction of sp³-hybridized carbons (Fsp3) is 0.0909. The van der Waals surface area contributed by atoms with Gasteiger partial charge in [-0.25, -0.2) is 4.39 Å². The maximum atomic E-state index is 14.0. The van der Waals surface area contributed by atoms with E-state index in [4.69, 9.17) is 0 Å². The van der Waals surface area contributed by atoms with Gasteiger partial charge in [0.15, 0.2) is 0 Å². The van der Waals surface area contributed by atoms with E-state index in [-0.39, 0.29) is 5.82 Å². The van der Waals surface area contributed by atoms with Gasteiger partial charge < -0.3 is 9.80 Å². The van der Waals surface area contributed by atoms with E-state index in [1.54, 1.807) is 0 Å². The number of allylic oxidation sites excluding steroid dienone is 8. The van der Waals surface area contributed by atoms with Crippen LogP contribution in [0.5, 0.6) is 0 Å². The van der Waals surface area contributed by atoms with Crippen LogP contribution in [0.15, 0.2) is 212 Å². The van der Waals surface area contributed by atoms with Crippen LogP contribution < -0.4 is 9.80 Å². The maximum Gasteiger partial charge on any atom is 0.123 e. The minimum Gasteiger partial charge on any atom is -0.315 e. The normalized spacial score (nSPS) is 12.9. The lowest BCUT2D eigenvalue weighted by molar-refractivity contribution is 0.628. The van der Waals surface area contributed by atoms with Gasteiger partial charge in [0, 0.05) is 34.1 Å². The molecule has 0 radical (unpaired) electrons. The van der Waals surface area contributed by atoms with Crippen molar-refractivity contribution in [2.24, 2.45) is 0 Å². The predicted molar refractivity (Wildman–Crippen MR) is 245 cm³/mol. The molecule has 3 heteroatoms. The molecule has 0 atom stereocenters. The minimum absolute atomic E-state index is 0.257. The van der Waals surface area contributed by atoms with Crippen LogP contribution in [0.2, 0.25) is 0 Å². The van der Waals surface area contributed by atoms with Crippen LogP contribution in [0.1, 0.15) is 43.4 Å². The monoisotopic (exact) mass is 754 g/mol. The summed E-state index contributed by atoms with van der Waals surface area (Å²) in [5.74, 6) is -0.257. The average molecular weight is 755 g/mol. The number of hydrogen-bond donors (Lipinski definition) is 0. The average Bonchev–Trinajstić information content (AvgIpc) is 3.28. The Balaban J connectivity index is 1.05. The van der Waals surface area contributed by atoms with Crippen molar-refractivity contribution in [3.8, 4) is 22.3 Å². The molecule has 0 spiro atoms. The second-order valence-electron chi connectivity index (χ2n) is 14.9. The first kappa shape index (κ1) is 37.9. The van der Waals surface area contributed by atoms with Crippen molar-refractivity contribution in [2.75, 3.05) is 9.80 Å². The summed E-state index contributed by atoms with van der Waals surface area (Å²) in [6.45, 7) is 6.47. The van der Waals surface area contributed by atoms with Crippen LogP contribution in [0.4, 0.5) is 32.8 Å². The second kappa shape index (κ2) is 17.4. The fourth-order valence-electron chi connectivity index (χ4n) is 7.51. The quantitative estimate of drug-likeness (QED) is 0.121. The molecular formula is C55H47FN2. The molecule has 284 valence electrons. The zero-order valence-corrected chi connectivity index (χ0v) is 33.3. The lowest BCUT2D eigenvalue weighted by Gasteiger charge is -2.26. The van der Waals surface area contributed by atoms with Crippen LogP contribution in [0, 0.1) is 12.7 Å². The van der Waals surface area contributed by atoms with Crippen molar-refractivity contribution in [3.05, 3.63) is 235 Å². The lowest BCUT2D eigenvalue weighted by atomic mass is 9.99. The first-order valence-corrected chi connectivity index (χ1v) is 20.0. The van der Waals surface area contributed by atoms with Gasteiger partial charge in [0.1, 0.15) is 5.82 Å². The number of hydrogen-bond acceptors (Lipinski definition) is 2. The molecule has 0 aliphatic heterocycles. The number of aryl methyl sites for hydroxylation is 1. The van der Waals surface area contributed by atoms with Crippen molar-refractivity contribution in [3.63, 3.8) is 0 Å². The third-order valence-electron chi connectivity index (χ3n) is 10.8. The summed E-state index contributed by atoms with van der Waals surface area (Å²) in [4.78, 5) is 4.48. The number of benzene rings is 7. The number of anilines is 5. The van der Waals surface area contributed by atoms with Crippen LogP contribution in [-0.2, 0) is 0 Å². The molecule has 58 heavy (non-hydrogen) atoms. The summed E-state index contributed by atoms with van der Waals surface area (Å²) >= 11 is 0. The Morgan fingerprint density at radius 3 is 1.62 bits per heavy atom. The van der Waals surface area contributed by atoms with E-state index in [1.807, 2.05) is 18.2 Å². The molecule has 0 aromatic heterocycles. The Morgan fingerprint density at radius 1 is 0.500 bits per heavy atom. The van der Waals surface area contributed by atoms with E-state index >= 15 is 0 Å². The zero-order valence-electron chi connectivity index (χ0n) is 33.3. The Morgan fingerprint density at radius 2 is 1.02 bits per heavy atom. The Kier molecular flexibility index (Phi) is 11.4. The lowest BCUT2D eigenvalue weighted by Crippen LogP contribution is -2.14. The summed E-state index contributed by atoms with van der Waals surface area (Å²) < 4.78 is 14.0. The van der Waals surface area contributed by atoms with E-state index < -0.39 is 0 Å². The molecule has 7 aromatic rings. The van der Waals surface area contributed by atoms with Crippen LogP contribution in [0.3, 0.4) is 0 Å². The Labute approximate surface area is 342 Å². The second-order valence-corrected chi connectivity index (χ2v) is 14.9. The molecule has 0 fully saturated rings. The van der Waals surface area contributed by atoms with Crippen molar-refractivity contribution < 1.29 is 4.39 Å². The zero-order chi connectivity index (χ0) is 39.8. The van der Waals surface area contributed by atoms with Crippen molar-refractivity contribution in [2.45, 2.75) is 33.6 Å². The number of rotatable bonds is 11. The largest absolute Gasteiger partial charge is 0.315 e. The first-order valence-electron chi connectivity index (χ1n) is 20.0. The Bertz CT molecular complexity index is 2600. The molecule has 0 bridgehead atoms. The molecule has 0 saturated heterocycles. The van der Waals surface area contributed by atoms with Crippen molar-refractivity contribution in [1.29, 1.82) is 0 Å². The van der Waals surface area contributed by atoms with Crippen LogP contribution in [0.25, 0.3) is 33.4 Å². The van der Waals surface area contributed by atoms with Crippen molar-refractivity contribution in [1.82, 2.24) is 0 Å². The SMILES string of the molecule is C/C(=C\C=C(/C)N(c1ccc(C)cc1)c1ccc(C2=CCCC=C2)cc1)c1cccc(-c2ccc(N(c3ccc(F)cc3)c3ccc(-c4ccccc4)cc3)cc2)c1. The number of halogens is 1. The highest BCUT2D eigenvalue weighted by molar-refractivity contribution is 5.81. The van der Waals surface area contributed by atoms with E-state index in [9.17, 15) is 4.39 Å². The van der Waals surface area contributed by atoms with Crippen LogP contribution in [-0.4, -0.2) is 0 Å². The summed E-state index contributed by atoms with van der Waals surface area (Å²) in [7, 11) is 0. The van der Waals surface area contributed by atoms with Gasteiger partial charge in [0.25, 0.3) is 0 Å². The van der Waals surface area contributed by atoms with E-state index in [1.165, 1.54) is 40.0 Å². The highest BCUT2D eigenvalue weighted by Crippen LogP contribution is 2.37. The van der Waals surface area contributed by atoms with E-state index in [0.29, 0.717) is 0 Å². The third-order valence-corrected chi connectivity index (χ3v) is 10.8. The molecule has 0 N–H and O–H groups in total. The topological polar surface area (TPSA) is 6.48 Å². The molecule has 0 amide bonds. The Hall–Kier alpha value is -6.97. The molecule has 7 aromatic carbocycles. The molecular weight excluding hydrogens is 708 g/mol. The third kappa shape index (κ3) is 8.70.